The zero-order chi connectivity index (χ0) is 25.3. The van der Waals surface area contributed by atoms with Gasteiger partial charge in [-0.05, 0) is 70.0 Å². The average Bonchev–Trinajstić information content (AvgIpc) is 3.28. The number of ether oxygens (including phenoxy) is 1. The maximum Gasteiger partial charge on any atom is 0.278 e. The van der Waals surface area contributed by atoms with Gasteiger partial charge in [0.25, 0.3) is 5.91 Å². The molecule has 0 spiro atoms. The Morgan fingerprint density at radius 2 is 1.69 bits per heavy atom. The van der Waals surface area contributed by atoms with Crippen molar-refractivity contribution in [3.05, 3.63) is 91.5 Å². The van der Waals surface area contributed by atoms with Gasteiger partial charge in [-0.3, -0.25) is 9.48 Å². The Morgan fingerprint density at radius 1 is 1.03 bits per heavy atom. The second-order valence-corrected chi connectivity index (χ2v) is 9.35. The van der Waals surface area contributed by atoms with Crippen LogP contribution in [0.4, 0.5) is 5.69 Å². The molecule has 4 aromatic rings. The van der Waals surface area contributed by atoms with E-state index in [1.54, 1.807) is 29.8 Å². The molecule has 0 fully saturated rings. The van der Waals surface area contributed by atoms with Crippen molar-refractivity contribution in [1.29, 1.82) is 0 Å². The first-order valence-corrected chi connectivity index (χ1v) is 11.8. The number of aryl methyl sites for hydroxylation is 4. The Balaban J connectivity index is 1.54. The largest absolute Gasteiger partial charge is 0.489 e. The standard InChI is InChI=1S/C26H26Cl2N4O3/c1-14-9-15(2)11-19(10-14)34-13-21-18(5)35-31-25(21)26(33)29-24-16(3)30-32(17(24)4)12-20-22(27)7-6-8-23(20)28/h6-11H,12-13H2,1-5H3,(H,29,33). The zero-order valence-corrected chi connectivity index (χ0v) is 21.7. The second-order valence-electron chi connectivity index (χ2n) is 8.54. The maximum atomic E-state index is 13.2. The van der Waals surface area contributed by atoms with E-state index < -0.39 is 5.91 Å². The highest BCUT2D eigenvalue weighted by molar-refractivity contribution is 6.36. The first-order valence-electron chi connectivity index (χ1n) is 11.1. The lowest BCUT2D eigenvalue weighted by molar-refractivity contribution is 0.101. The van der Waals surface area contributed by atoms with Gasteiger partial charge in [0.1, 0.15) is 18.1 Å². The lowest BCUT2D eigenvalue weighted by Crippen LogP contribution is -2.16. The van der Waals surface area contributed by atoms with Crippen molar-refractivity contribution in [2.75, 3.05) is 5.32 Å². The maximum absolute atomic E-state index is 13.2. The molecule has 0 aliphatic heterocycles. The highest BCUT2D eigenvalue weighted by Crippen LogP contribution is 2.28. The minimum absolute atomic E-state index is 0.156. The van der Waals surface area contributed by atoms with E-state index in [1.807, 2.05) is 39.8 Å². The van der Waals surface area contributed by atoms with Gasteiger partial charge in [-0.2, -0.15) is 5.10 Å². The Hall–Kier alpha value is -3.29. The summed E-state index contributed by atoms with van der Waals surface area (Å²) in [7, 11) is 0. The molecular formula is C26H26Cl2N4O3. The molecule has 0 aliphatic rings. The van der Waals surface area contributed by atoms with Gasteiger partial charge >= 0.3 is 0 Å². The van der Waals surface area contributed by atoms with E-state index in [4.69, 9.17) is 32.5 Å². The molecule has 2 aromatic heterocycles. The van der Waals surface area contributed by atoms with Crippen molar-refractivity contribution in [3.63, 3.8) is 0 Å². The molecule has 0 atom stereocenters. The number of halogens is 2. The molecule has 0 aliphatic carbocycles. The van der Waals surface area contributed by atoms with Crippen molar-refractivity contribution >= 4 is 34.8 Å². The predicted molar refractivity (Wildman–Crippen MR) is 137 cm³/mol. The van der Waals surface area contributed by atoms with Crippen LogP contribution in [0.25, 0.3) is 0 Å². The quantitative estimate of drug-likeness (QED) is 0.301. The van der Waals surface area contributed by atoms with Gasteiger partial charge in [-0.1, -0.05) is 40.5 Å². The summed E-state index contributed by atoms with van der Waals surface area (Å²) >= 11 is 12.7. The first-order chi connectivity index (χ1) is 16.6. The fourth-order valence-electron chi connectivity index (χ4n) is 3.95. The van der Waals surface area contributed by atoms with Crippen LogP contribution in [-0.2, 0) is 13.2 Å². The Kier molecular flexibility index (Phi) is 7.19. The molecule has 1 N–H and O–H groups in total. The van der Waals surface area contributed by atoms with E-state index in [2.05, 4.69) is 21.6 Å². The van der Waals surface area contributed by atoms with Gasteiger partial charge in [0.2, 0.25) is 0 Å². The number of hydrogen-bond acceptors (Lipinski definition) is 5. The monoisotopic (exact) mass is 512 g/mol. The zero-order valence-electron chi connectivity index (χ0n) is 20.2. The van der Waals surface area contributed by atoms with Gasteiger partial charge in [-0.25, -0.2) is 0 Å². The van der Waals surface area contributed by atoms with Crippen molar-refractivity contribution in [3.8, 4) is 5.75 Å². The lowest BCUT2D eigenvalue weighted by atomic mass is 10.1. The van der Waals surface area contributed by atoms with Gasteiger partial charge in [0.05, 0.1) is 29.2 Å². The number of nitrogens with one attached hydrogen (secondary N) is 1. The van der Waals surface area contributed by atoms with Crippen molar-refractivity contribution in [2.45, 2.75) is 47.8 Å². The first kappa shape index (κ1) is 24.8. The molecule has 0 saturated carbocycles. The number of carbonyl (C=O) groups excluding carboxylic acids is 1. The van der Waals surface area contributed by atoms with Crippen LogP contribution in [0.5, 0.6) is 5.75 Å². The van der Waals surface area contributed by atoms with Crippen LogP contribution in [-0.4, -0.2) is 20.8 Å². The summed E-state index contributed by atoms with van der Waals surface area (Å²) in [6.07, 6.45) is 0. The molecule has 0 saturated heterocycles. The van der Waals surface area contributed by atoms with Crippen molar-refractivity contribution in [1.82, 2.24) is 14.9 Å². The fourth-order valence-corrected chi connectivity index (χ4v) is 4.47. The van der Waals surface area contributed by atoms with Gasteiger partial charge in [0, 0.05) is 15.6 Å². The van der Waals surface area contributed by atoms with Crippen LogP contribution in [0.15, 0.2) is 40.9 Å². The third kappa shape index (κ3) is 5.36. The Morgan fingerprint density at radius 3 is 2.34 bits per heavy atom. The van der Waals surface area contributed by atoms with Crippen LogP contribution in [0, 0.1) is 34.6 Å². The fraction of sp³-hybridized carbons (Fsp3) is 0.269. The number of rotatable bonds is 7. The SMILES string of the molecule is Cc1cc(C)cc(OCc2c(C(=O)Nc3c(C)nn(Cc4c(Cl)cccc4Cl)c3C)noc2C)c1. The molecule has 4 rings (SSSR count). The van der Waals surface area contributed by atoms with E-state index in [0.29, 0.717) is 39.3 Å². The lowest BCUT2D eigenvalue weighted by Gasteiger charge is -2.10. The van der Waals surface area contributed by atoms with E-state index in [9.17, 15) is 4.79 Å². The molecule has 35 heavy (non-hydrogen) atoms. The molecule has 182 valence electrons. The van der Waals surface area contributed by atoms with E-state index in [-0.39, 0.29) is 12.3 Å². The molecule has 0 radical (unpaired) electrons. The summed E-state index contributed by atoms with van der Waals surface area (Å²) in [5.74, 6) is 0.847. The van der Waals surface area contributed by atoms with Gasteiger partial charge in [0.15, 0.2) is 5.69 Å². The highest BCUT2D eigenvalue weighted by atomic mass is 35.5. The summed E-state index contributed by atoms with van der Waals surface area (Å²) in [6, 6.07) is 11.3. The summed E-state index contributed by atoms with van der Waals surface area (Å²) < 4.78 is 13.0. The molecule has 1 amide bonds. The number of carbonyl (C=O) groups is 1. The van der Waals surface area contributed by atoms with E-state index in [1.165, 1.54) is 0 Å². The van der Waals surface area contributed by atoms with E-state index >= 15 is 0 Å². The molecule has 7 nitrogen and oxygen atoms in total. The highest BCUT2D eigenvalue weighted by Gasteiger charge is 2.23. The van der Waals surface area contributed by atoms with Gasteiger partial charge < -0.3 is 14.6 Å². The molecule has 0 bridgehead atoms. The van der Waals surface area contributed by atoms with Crippen LogP contribution >= 0.6 is 23.2 Å². The third-order valence-corrected chi connectivity index (χ3v) is 6.48. The number of amides is 1. The van der Waals surface area contributed by atoms with Crippen molar-refractivity contribution < 1.29 is 14.1 Å². The number of hydrogen-bond donors (Lipinski definition) is 1. The number of aromatic nitrogens is 3. The predicted octanol–water partition coefficient (Wildman–Crippen LogP) is 6.60. The normalized spacial score (nSPS) is 11.1. The van der Waals surface area contributed by atoms with E-state index in [0.717, 1.165) is 28.1 Å². The smallest absolute Gasteiger partial charge is 0.278 e. The third-order valence-electron chi connectivity index (χ3n) is 5.77. The summed E-state index contributed by atoms with van der Waals surface area (Å²) in [5, 5.41) is 12.6. The molecular weight excluding hydrogens is 487 g/mol. The molecule has 9 heteroatoms. The number of anilines is 1. The van der Waals surface area contributed by atoms with Crippen LogP contribution in [0.1, 0.15) is 49.9 Å². The molecule has 2 heterocycles. The Labute approximate surface area is 214 Å². The van der Waals surface area contributed by atoms with Crippen LogP contribution < -0.4 is 10.1 Å². The van der Waals surface area contributed by atoms with Crippen LogP contribution in [0.2, 0.25) is 10.0 Å². The topological polar surface area (TPSA) is 82.2 Å². The summed E-state index contributed by atoms with van der Waals surface area (Å²) in [5.41, 5.74) is 5.74. The second kappa shape index (κ2) is 10.1. The minimum Gasteiger partial charge on any atom is -0.489 e. The van der Waals surface area contributed by atoms with Crippen LogP contribution in [0.3, 0.4) is 0 Å². The molecule has 2 aromatic carbocycles. The van der Waals surface area contributed by atoms with Crippen molar-refractivity contribution in [2.24, 2.45) is 0 Å². The number of benzene rings is 2. The number of nitrogens with zero attached hydrogens (tertiary/aromatic N) is 3. The summed E-state index contributed by atoms with van der Waals surface area (Å²) in [6.45, 7) is 10.00. The summed E-state index contributed by atoms with van der Waals surface area (Å²) in [4.78, 5) is 13.2. The average molecular weight is 513 g/mol. The molecule has 0 unspecified atom stereocenters. The van der Waals surface area contributed by atoms with Gasteiger partial charge in [-0.15, -0.1) is 0 Å². The Bertz CT molecular complexity index is 1370. The minimum atomic E-state index is -0.401.